The van der Waals surface area contributed by atoms with Gasteiger partial charge in [-0.2, -0.15) is 5.06 Å². The summed E-state index contributed by atoms with van der Waals surface area (Å²) in [5.74, 6) is -2.05. The second kappa shape index (κ2) is 7.19. The van der Waals surface area contributed by atoms with Gasteiger partial charge in [-0.15, -0.1) is 0 Å². The molecule has 0 aliphatic rings. The Labute approximate surface area is 151 Å². The summed E-state index contributed by atoms with van der Waals surface area (Å²) in [4.78, 5) is 17.7. The quantitative estimate of drug-likeness (QED) is 0.410. The molecule has 0 atom stereocenters. The molecule has 0 saturated heterocycles. The van der Waals surface area contributed by atoms with E-state index in [0.717, 1.165) is 11.1 Å². The Morgan fingerprint density at radius 1 is 1.23 bits per heavy atom. The van der Waals surface area contributed by atoms with Crippen LogP contribution in [-0.2, 0) is 4.84 Å². The number of anilines is 2. The van der Waals surface area contributed by atoms with Crippen LogP contribution in [-0.4, -0.2) is 22.1 Å². The molecule has 0 aliphatic carbocycles. The highest BCUT2D eigenvalue weighted by molar-refractivity contribution is 6.31. The monoisotopic (exact) mass is 375 g/mol. The Bertz CT molecular complexity index is 964. The molecule has 1 aromatic heterocycles. The zero-order valence-electron chi connectivity index (χ0n) is 13.0. The topological polar surface area (TPSA) is 118 Å². The van der Waals surface area contributed by atoms with Crippen LogP contribution in [0.15, 0.2) is 53.2 Å². The molecule has 132 valence electrons. The third kappa shape index (κ3) is 3.47. The molecular weight excluding hydrogens is 365 g/mol. The zero-order valence-corrected chi connectivity index (χ0v) is 13.8. The summed E-state index contributed by atoms with van der Waals surface area (Å²) in [5.41, 5.74) is 5.78. The van der Waals surface area contributed by atoms with Crippen LogP contribution in [0.5, 0.6) is 0 Å². The molecule has 8 nitrogen and oxygen atoms in total. The van der Waals surface area contributed by atoms with Gasteiger partial charge in [-0.25, -0.2) is 13.8 Å². The first-order valence-electron chi connectivity index (χ1n) is 7.17. The molecule has 10 heteroatoms. The van der Waals surface area contributed by atoms with Gasteiger partial charge >= 0.3 is 5.97 Å². The summed E-state index contributed by atoms with van der Waals surface area (Å²) in [5, 5.41) is 15.7. The smallest absolute Gasteiger partial charge is 0.363 e. The molecule has 3 N–H and O–H groups in total. The molecule has 0 amide bonds. The summed E-state index contributed by atoms with van der Waals surface area (Å²) in [6.07, 6.45) is 0. The van der Waals surface area contributed by atoms with Crippen molar-refractivity contribution in [3.05, 3.63) is 70.6 Å². The number of aromatic nitrogens is 2. The molecule has 0 saturated carbocycles. The molecule has 3 rings (SSSR count). The van der Waals surface area contributed by atoms with Crippen LogP contribution >= 0.6 is 11.6 Å². The first-order valence-corrected chi connectivity index (χ1v) is 7.54. The van der Waals surface area contributed by atoms with Gasteiger partial charge in [0.1, 0.15) is 5.82 Å². The summed E-state index contributed by atoms with van der Waals surface area (Å²) in [6, 6.07) is 11.6. The second-order valence-corrected chi connectivity index (χ2v) is 5.39. The zero-order chi connectivity index (χ0) is 18.7. The normalized spacial score (nSPS) is 10.4. The fourth-order valence-electron chi connectivity index (χ4n) is 2.00. The van der Waals surface area contributed by atoms with Gasteiger partial charge in [-0.1, -0.05) is 29.8 Å². The molecule has 0 radical (unpaired) electrons. The number of nitrogens with two attached hydrogens (primary N) is 1. The Morgan fingerprint density at radius 3 is 2.58 bits per heavy atom. The lowest BCUT2D eigenvalue weighted by molar-refractivity contribution is 0.0516. The first-order chi connectivity index (χ1) is 12.5. The van der Waals surface area contributed by atoms with Crippen LogP contribution < -0.4 is 10.8 Å². The number of hydrogen-bond donors (Lipinski definition) is 2. The van der Waals surface area contributed by atoms with E-state index < -0.39 is 17.6 Å². The van der Waals surface area contributed by atoms with E-state index in [1.54, 1.807) is 18.2 Å². The Balaban J connectivity index is 1.98. The van der Waals surface area contributed by atoms with Crippen molar-refractivity contribution in [3.8, 4) is 0 Å². The highest BCUT2D eigenvalue weighted by atomic mass is 35.5. The van der Waals surface area contributed by atoms with Crippen LogP contribution in [0, 0.1) is 11.2 Å². The summed E-state index contributed by atoms with van der Waals surface area (Å²) in [6.45, 7) is 0. The van der Waals surface area contributed by atoms with Gasteiger partial charge < -0.3 is 10.6 Å². The van der Waals surface area contributed by atoms with Crippen molar-refractivity contribution >= 4 is 34.9 Å². The van der Waals surface area contributed by atoms with Crippen molar-refractivity contribution in [2.24, 2.45) is 0 Å². The Morgan fingerprint density at radius 2 is 1.96 bits per heavy atom. The molecule has 0 aliphatic heterocycles. The molecule has 0 unspecified atom stereocenters. The highest BCUT2D eigenvalue weighted by Crippen LogP contribution is 2.25. The predicted molar refractivity (Wildman–Crippen MR) is 91.3 cm³/mol. The lowest BCUT2D eigenvalue weighted by Crippen LogP contribution is -2.34. The van der Waals surface area contributed by atoms with E-state index in [4.69, 9.17) is 27.6 Å². The van der Waals surface area contributed by atoms with E-state index in [9.17, 15) is 9.18 Å². The molecule has 26 heavy (non-hydrogen) atoms. The number of benzene rings is 2. The molecule has 2 aromatic carbocycles. The largest absolute Gasteiger partial charge is 0.379 e. The van der Waals surface area contributed by atoms with Crippen molar-refractivity contribution in [2.45, 2.75) is 0 Å². The summed E-state index contributed by atoms with van der Waals surface area (Å²) >= 11 is 5.79. The number of hydroxylamine groups is 1. The van der Waals surface area contributed by atoms with Crippen LogP contribution in [0.3, 0.4) is 0 Å². The minimum atomic E-state index is -0.758. The fraction of sp³-hybridized carbons (Fsp3) is 0. The van der Waals surface area contributed by atoms with E-state index in [1.165, 1.54) is 24.3 Å². The van der Waals surface area contributed by atoms with Gasteiger partial charge in [0.05, 0.1) is 16.3 Å². The Kier molecular flexibility index (Phi) is 4.81. The number of nitrogens with zero attached hydrogens (tertiary/aromatic N) is 3. The summed E-state index contributed by atoms with van der Waals surface area (Å²) in [7, 11) is 0. The van der Waals surface area contributed by atoms with Crippen molar-refractivity contribution < 1.29 is 18.7 Å². The number of amidine groups is 1. The minimum Gasteiger partial charge on any atom is -0.379 e. The van der Waals surface area contributed by atoms with Gasteiger partial charge in [0, 0.05) is 0 Å². The van der Waals surface area contributed by atoms with Crippen molar-refractivity contribution in [2.75, 3.05) is 10.8 Å². The molecule has 0 fully saturated rings. The average molecular weight is 376 g/mol. The summed E-state index contributed by atoms with van der Waals surface area (Å²) < 4.78 is 17.9. The lowest BCUT2D eigenvalue weighted by Gasteiger charge is -2.22. The van der Waals surface area contributed by atoms with Gasteiger partial charge in [0.2, 0.25) is 0 Å². The third-order valence-electron chi connectivity index (χ3n) is 3.26. The predicted octanol–water partition coefficient (Wildman–Crippen LogP) is 3.05. The maximum atomic E-state index is 13.5. The van der Waals surface area contributed by atoms with E-state index in [2.05, 4.69) is 14.9 Å². The fourth-order valence-corrected chi connectivity index (χ4v) is 2.18. The maximum absolute atomic E-state index is 13.5. The highest BCUT2D eigenvalue weighted by Gasteiger charge is 2.25. The lowest BCUT2D eigenvalue weighted by atomic mass is 10.2. The number of carbonyl (C=O) groups is 1. The van der Waals surface area contributed by atoms with E-state index in [-0.39, 0.29) is 27.8 Å². The van der Waals surface area contributed by atoms with E-state index in [0.29, 0.717) is 0 Å². The maximum Gasteiger partial charge on any atom is 0.363 e. The van der Waals surface area contributed by atoms with Crippen molar-refractivity contribution in [3.63, 3.8) is 0 Å². The average Bonchev–Trinajstić information content (AvgIpc) is 3.08. The van der Waals surface area contributed by atoms with Gasteiger partial charge in [-0.05, 0) is 40.6 Å². The number of nitrogens with one attached hydrogen (secondary N) is 1. The minimum absolute atomic E-state index is 0.105. The van der Waals surface area contributed by atoms with Gasteiger partial charge in [0.25, 0.3) is 0 Å². The second-order valence-electron chi connectivity index (χ2n) is 4.98. The van der Waals surface area contributed by atoms with Crippen LogP contribution in [0.2, 0.25) is 5.02 Å². The molecule has 0 spiro atoms. The SMILES string of the molecule is N=C(c1nonc1N)N(OC(=O)c1ccccc1)c1ccc(F)c(Cl)c1. The Hall–Kier alpha value is -3.46. The van der Waals surface area contributed by atoms with Crippen molar-refractivity contribution in [1.29, 1.82) is 5.41 Å². The standard InChI is InChI=1S/C16H11ClFN5O3/c17-11-8-10(6-7-12(11)18)23(15(20)13-14(19)22-26-21-13)25-16(24)9-4-2-1-3-5-9/h1-8,20H,(H2,19,22). The van der Waals surface area contributed by atoms with Crippen LogP contribution in [0.25, 0.3) is 0 Å². The molecule has 3 aromatic rings. The van der Waals surface area contributed by atoms with E-state index >= 15 is 0 Å². The van der Waals surface area contributed by atoms with Gasteiger partial charge in [0.15, 0.2) is 17.3 Å². The van der Waals surface area contributed by atoms with Gasteiger partial charge in [-0.3, -0.25) is 5.41 Å². The van der Waals surface area contributed by atoms with Crippen LogP contribution in [0.1, 0.15) is 16.1 Å². The number of carbonyl (C=O) groups excluding carboxylic acids is 1. The number of hydrogen-bond acceptors (Lipinski definition) is 7. The van der Waals surface area contributed by atoms with Crippen molar-refractivity contribution in [1.82, 2.24) is 10.3 Å². The number of rotatable bonds is 3. The molecule has 1 heterocycles. The first kappa shape index (κ1) is 17.4. The number of nitrogen functional groups attached to an aromatic ring is 1. The molecular formula is C16H11ClFN5O3. The van der Waals surface area contributed by atoms with E-state index in [1.807, 2.05) is 0 Å². The van der Waals surface area contributed by atoms with Crippen LogP contribution in [0.4, 0.5) is 15.9 Å². The molecule has 0 bridgehead atoms. The third-order valence-corrected chi connectivity index (χ3v) is 3.55. The number of halogens is 2.